The van der Waals surface area contributed by atoms with Gasteiger partial charge in [-0.3, -0.25) is 14.9 Å². The Hall–Kier alpha value is -3.15. The van der Waals surface area contributed by atoms with Crippen molar-refractivity contribution in [2.75, 3.05) is 5.32 Å². The van der Waals surface area contributed by atoms with E-state index in [9.17, 15) is 9.59 Å². The molecule has 3 aromatic rings. The first-order chi connectivity index (χ1) is 13.2. The number of aryl methyl sites for hydroxylation is 1. The minimum atomic E-state index is -0.577. The number of hydrogen-bond donors (Lipinski definition) is 3. The van der Waals surface area contributed by atoms with Crippen molar-refractivity contribution in [2.24, 2.45) is 0 Å². The summed E-state index contributed by atoms with van der Waals surface area (Å²) >= 11 is 0. The summed E-state index contributed by atoms with van der Waals surface area (Å²) in [7, 11) is 0. The lowest BCUT2D eigenvalue weighted by Gasteiger charge is -2.17. The number of aromatic nitrogens is 2. The quantitative estimate of drug-likeness (QED) is 0.572. The van der Waals surface area contributed by atoms with Crippen LogP contribution in [0.2, 0.25) is 0 Å². The lowest BCUT2D eigenvalue weighted by Crippen LogP contribution is -2.44. The summed E-state index contributed by atoms with van der Waals surface area (Å²) in [6, 6.07) is 16.8. The molecule has 2 aromatic carbocycles. The van der Waals surface area contributed by atoms with Crippen LogP contribution in [0.25, 0.3) is 11.0 Å². The van der Waals surface area contributed by atoms with E-state index in [1.165, 1.54) is 0 Å². The van der Waals surface area contributed by atoms with Gasteiger partial charge in [0.05, 0.1) is 11.0 Å². The van der Waals surface area contributed by atoms with Crippen LogP contribution < -0.4 is 10.6 Å². The molecule has 0 fully saturated rings. The molecule has 0 unspecified atom stereocenters. The summed E-state index contributed by atoms with van der Waals surface area (Å²) in [6.07, 6.45) is 2.36. The Morgan fingerprint density at radius 1 is 1.07 bits per heavy atom. The smallest absolute Gasteiger partial charge is 0.249 e. The number of nitrogens with one attached hydrogen (secondary N) is 3. The number of anilines is 1. The van der Waals surface area contributed by atoms with Gasteiger partial charge in [0.1, 0.15) is 6.04 Å². The molecular formula is C21H24N4O2. The van der Waals surface area contributed by atoms with Crippen molar-refractivity contribution < 1.29 is 9.59 Å². The molecule has 27 heavy (non-hydrogen) atoms. The minimum absolute atomic E-state index is 0.128. The van der Waals surface area contributed by atoms with Gasteiger partial charge in [0.25, 0.3) is 0 Å². The van der Waals surface area contributed by atoms with E-state index in [0.717, 1.165) is 23.0 Å². The van der Waals surface area contributed by atoms with E-state index in [2.05, 4.69) is 20.6 Å². The molecule has 0 radical (unpaired) electrons. The van der Waals surface area contributed by atoms with E-state index in [-0.39, 0.29) is 11.8 Å². The van der Waals surface area contributed by atoms with Crippen LogP contribution in [0.4, 0.5) is 5.95 Å². The summed E-state index contributed by atoms with van der Waals surface area (Å²) in [4.78, 5) is 32.3. The van der Waals surface area contributed by atoms with E-state index < -0.39 is 6.04 Å². The molecule has 0 aliphatic carbocycles. The Kier molecular flexibility index (Phi) is 6.20. The lowest BCUT2D eigenvalue weighted by atomic mass is 10.1. The van der Waals surface area contributed by atoms with Crippen molar-refractivity contribution in [3.63, 3.8) is 0 Å². The number of hydrogen-bond acceptors (Lipinski definition) is 3. The van der Waals surface area contributed by atoms with Crippen molar-refractivity contribution in [3.8, 4) is 0 Å². The first kappa shape index (κ1) is 18.6. The van der Waals surface area contributed by atoms with Gasteiger partial charge in [0, 0.05) is 6.42 Å². The Bertz CT molecular complexity index is 872. The van der Waals surface area contributed by atoms with Gasteiger partial charge in [-0.1, -0.05) is 55.8 Å². The van der Waals surface area contributed by atoms with Crippen LogP contribution in [0.3, 0.4) is 0 Å². The first-order valence-corrected chi connectivity index (χ1v) is 9.24. The van der Waals surface area contributed by atoms with Gasteiger partial charge >= 0.3 is 0 Å². The van der Waals surface area contributed by atoms with Crippen molar-refractivity contribution in [2.45, 2.75) is 38.6 Å². The number of benzene rings is 2. The number of aromatic amines is 1. The predicted octanol–water partition coefficient (Wildman–Crippen LogP) is 3.42. The van der Waals surface area contributed by atoms with Crippen LogP contribution in [0.1, 0.15) is 31.7 Å². The number of H-pyrrole nitrogens is 1. The highest BCUT2D eigenvalue weighted by Crippen LogP contribution is 2.14. The number of carbonyl (C=O) groups excluding carboxylic acids is 2. The number of para-hydroxylation sites is 2. The second-order valence-electron chi connectivity index (χ2n) is 6.49. The molecule has 2 amide bonds. The fourth-order valence-electron chi connectivity index (χ4n) is 2.94. The summed E-state index contributed by atoms with van der Waals surface area (Å²) in [5.74, 6) is 0.00173. The Labute approximate surface area is 158 Å². The van der Waals surface area contributed by atoms with Crippen LogP contribution in [0, 0.1) is 0 Å². The van der Waals surface area contributed by atoms with Crippen LogP contribution in [-0.2, 0) is 16.0 Å². The Morgan fingerprint density at radius 3 is 2.56 bits per heavy atom. The zero-order valence-electron chi connectivity index (χ0n) is 15.4. The number of imidazole rings is 1. The maximum absolute atomic E-state index is 12.6. The molecule has 0 spiro atoms. The molecular weight excluding hydrogens is 340 g/mol. The van der Waals surface area contributed by atoms with E-state index >= 15 is 0 Å². The highest BCUT2D eigenvalue weighted by atomic mass is 16.2. The third-order valence-electron chi connectivity index (χ3n) is 4.34. The number of nitrogens with zero attached hydrogens (tertiary/aromatic N) is 1. The monoisotopic (exact) mass is 364 g/mol. The van der Waals surface area contributed by atoms with Crippen molar-refractivity contribution in [3.05, 3.63) is 60.2 Å². The Balaban J connectivity index is 1.58. The molecule has 0 bridgehead atoms. The van der Waals surface area contributed by atoms with E-state index in [0.29, 0.717) is 25.2 Å². The largest absolute Gasteiger partial charge is 0.344 e. The van der Waals surface area contributed by atoms with E-state index in [1.54, 1.807) is 0 Å². The normalized spacial score (nSPS) is 11.9. The minimum Gasteiger partial charge on any atom is -0.344 e. The number of amides is 2. The second kappa shape index (κ2) is 8.98. The molecule has 6 heteroatoms. The Morgan fingerprint density at radius 2 is 1.81 bits per heavy atom. The summed E-state index contributed by atoms with van der Waals surface area (Å²) in [5.41, 5.74) is 2.74. The standard InChI is InChI=1S/C21H24N4O2/c1-2-8-18(22-19(26)14-13-15-9-4-3-5-10-15)20(27)25-21-23-16-11-6-7-12-17(16)24-21/h3-7,9-12,18H,2,8,13-14H2,1H3,(H,22,26)(H2,23,24,25,27)/t18-/m0/s1. The molecule has 6 nitrogen and oxygen atoms in total. The molecule has 1 aromatic heterocycles. The van der Waals surface area contributed by atoms with Crippen molar-refractivity contribution in [1.82, 2.24) is 15.3 Å². The van der Waals surface area contributed by atoms with Gasteiger partial charge < -0.3 is 10.3 Å². The first-order valence-electron chi connectivity index (χ1n) is 9.24. The van der Waals surface area contributed by atoms with Gasteiger partial charge in [0.2, 0.25) is 17.8 Å². The summed E-state index contributed by atoms with van der Waals surface area (Å²) < 4.78 is 0. The average Bonchev–Trinajstić information content (AvgIpc) is 3.09. The molecule has 0 saturated carbocycles. The molecule has 140 valence electrons. The second-order valence-corrected chi connectivity index (χ2v) is 6.49. The highest BCUT2D eigenvalue weighted by molar-refractivity contribution is 5.97. The van der Waals surface area contributed by atoms with Crippen LogP contribution in [0.5, 0.6) is 0 Å². The lowest BCUT2D eigenvalue weighted by molar-refractivity contribution is -0.126. The van der Waals surface area contributed by atoms with Gasteiger partial charge in [-0.2, -0.15) is 0 Å². The topological polar surface area (TPSA) is 86.9 Å². The molecule has 1 atom stereocenters. The molecule has 3 rings (SSSR count). The van der Waals surface area contributed by atoms with Crippen molar-refractivity contribution in [1.29, 1.82) is 0 Å². The third kappa shape index (κ3) is 5.17. The van der Waals surface area contributed by atoms with Gasteiger partial charge in [-0.25, -0.2) is 4.98 Å². The number of carbonyl (C=O) groups is 2. The zero-order valence-corrected chi connectivity index (χ0v) is 15.4. The van der Waals surface area contributed by atoms with Gasteiger partial charge in [-0.05, 0) is 30.5 Å². The SMILES string of the molecule is CCC[C@H](NC(=O)CCc1ccccc1)C(=O)Nc1nc2ccccc2[nH]1. The fraction of sp³-hybridized carbons (Fsp3) is 0.286. The molecule has 3 N–H and O–H groups in total. The van der Waals surface area contributed by atoms with Gasteiger partial charge in [0.15, 0.2) is 0 Å². The van der Waals surface area contributed by atoms with Crippen molar-refractivity contribution >= 4 is 28.8 Å². The maximum atomic E-state index is 12.6. The maximum Gasteiger partial charge on any atom is 0.249 e. The summed E-state index contributed by atoms with van der Waals surface area (Å²) in [6.45, 7) is 1.98. The summed E-state index contributed by atoms with van der Waals surface area (Å²) in [5, 5.41) is 5.62. The zero-order chi connectivity index (χ0) is 19.1. The highest BCUT2D eigenvalue weighted by Gasteiger charge is 2.21. The van der Waals surface area contributed by atoms with Gasteiger partial charge in [-0.15, -0.1) is 0 Å². The fourth-order valence-corrected chi connectivity index (χ4v) is 2.94. The molecule has 0 saturated heterocycles. The van der Waals surface area contributed by atoms with E-state index in [4.69, 9.17) is 0 Å². The predicted molar refractivity (Wildman–Crippen MR) is 106 cm³/mol. The van der Waals surface area contributed by atoms with Crippen LogP contribution in [-0.4, -0.2) is 27.8 Å². The van der Waals surface area contributed by atoms with E-state index in [1.807, 2.05) is 61.5 Å². The van der Waals surface area contributed by atoms with Crippen LogP contribution in [0.15, 0.2) is 54.6 Å². The number of fused-ring (bicyclic) bond motifs is 1. The third-order valence-corrected chi connectivity index (χ3v) is 4.34. The van der Waals surface area contributed by atoms with Crippen LogP contribution >= 0.6 is 0 Å². The molecule has 0 aliphatic rings. The number of rotatable bonds is 8. The molecule has 1 heterocycles. The molecule has 0 aliphatic heterocycles. The average molecular weight is 364 g/mol.